The van der Waals surface area contributed by atoms with E-state index >= 15 is 0 Å². The van der Waals surface area contributed by atoms with E-state index in [2.05, 4.69) is 60.3 Å². The monoisotopic (exact) mass is 300 g/mol. The molecule has 0 aliphatic carbocycles. The van der Waals surface area contributed by atoms with E-state index in [1.165, 1.54) is 10.9 Å². The second-order valence-electron chi connectivity index (χ2n) is 5.03. The second-order valence-corrected chi connectivity index (χ2v) is 5.47. The van der Waals surface area contributed by atoms with E-state index in [0.717, 1.165) is 10.6 Å². The van der Waals surface area contributed by atoms with Crippen molar-refractivity contribution in [3.8, 4) is 11.7 Å². The molecule has 3 aromatic rings. The molecule has 22 heavy (non-hydrogen) atoms. The summed E-state index contributed by atoms with van der Waals surface area (Å²) >= 11 is 5.92. The Morgan fingerprint density at radius 2 is 1.14 bits per heavy atom. The highest BCUT2D eigenvalue weighted by Crippen LogP contribution is 2.08. The third kappa shape index (κ3) is 3.61. The second kappa shape index (κ2) is 7.03. The molecule has 2 heteroatoms. The maximum Gasteiger partial charge on any atom is 0.296 e. The van der Waals surface area contributed by atoms with Crippen molar-refractivity contribution in [2.24, 2.45) is 0 Å². The van der Waals surface area contributed by atoms with E-state index in [1.807, 2.05) is 36.4 Å². The molecule has 0 spiro atoms. The minimum atomic E-state index is 0.0677. The highest BCUT2D eigenvalue weighted by atomic mass is 35.5. The Labute approximate surface area is 136 Å². The molecule has 0 radical (unpaired) electrons. The van der Waals surface area contributed by atoms with Crippen molar-refractivity contribution in [1.29, 1.82) is 0 Å². The first-order valence-electron chi connectivity index (χ1n) is 7.20. The van der Waals surface area contributed by atoms with E-state index in [-0.39, 0.29) is 6.71 Å². The number of hydrogen-bond donors (Lipinski definition) is 0. The van der Waals surface area contributed by atoms with Gasteiger partial charge in [-0.15, -0.1) is 5.82 Å². The van der Waals surface area contributed by atoms with Crippen molar-refractivity contribution in [1.82, 2.24) is 0 Å². The lowest BCUT2D eigenvalue weighted by molar-refractivity contribution is 1.65. The number of hydrogen-bond acceptors (Lipinski definition) is 0. The lowest BCUT2D eigenvalue weighted by Gasteiger charge is -2.07. The van der Waals surface area contributed by atoms with Crippen LogP contribution in [0.3, 0.4) is 0 Å². The van der Waals surface area contributed by atoms with Crippen molar-refractivity contribution in [3.63, 3.8) is 0 Å². The smallest absolute Gasteiger partial charge is 0.137 e. The standard InChI is InChI=1S/C20H14BCl/c22-20-13-11-17(12-14-20)15-16-21(18-7-3-1-4-8-18)19-9-5-2-6-10-19/h1-14H. The Morgan fingerprint density at radius 1 is 0.636 bits per heavy atom. The molecule has 0 aromatic heterocycles. The molecular formula is C20H14BCl. The molecule has 0 bridgehead atoms. The van der Waals surface area contributed by atoms with Gasteiger partial charge >= 0.3 is 0 Å². The van der Waals surface area contributed by atoms with Gasteiger partial charge in [-0.05, 0) is 24.3 Å². The summed E-state index contributed by atoms with van der Waals surface area (Å²) in [4.78, 5) is 0. The molecule has 0 nitrogen and oxygen atoms in total. The quantitative estimate of drug-likeness (QED) is 0.502. The Hall–Kier alpha value is -2.43. The molecule has 0 aliphatic rings. The average Bonchev–Trinajstić information content (AvgIpc) is 2.59. The summed E-state index contributed by atoms with van der Waals surface area (Å²) in [6, 6.07) is 28.4. The summed E-state index contributed by atoms with van der Waals surface area (Å²) in [5.74, 6) is 6.66. The lowest BCUT2D eigenvalue weighted by atomic mass is 9.41. The molecule has 0 amide bonds. The predicted molar refractivity (Wildman–Crippen MR) is 96.2 cm³/mol. The summed E-state index contributed by atoms with van der Waals surface area (Å²) in [6.45, 7) is 0.0677. The van der Waals surface area contributed by atoms with Crippen molar-refractivity contribution in [2.75, 3.05) is 0 Å². The van der Waals surface area contributed by atoms with Crippen molar-refractivity contribution in [2.45, 2.75) is 0 Å². The first-order chi connectivity index (χ1) is 10.8. The topological polar surface area (TPSA) is 0 Å². The van der Waals surface area contributed by atoms with Crippen LogP contribution in [0.15, 0.2) is 84.9 Å². The van der Waals surface area contributed by atoms with E-state index in [4.69, 9.17) is 11.6 Å². The maximum absolute atomic E-state index is 5.92. The van der Waals surface area contributed by atoms with Crippen LogP contribution in [0.1, 0.15) is 5.56 Å². The van der Waals surface area contributed by atoms with Crippen molar-refractivity contribution < 1.29 is 0 Å². The molecule has 3 rings (SSSR count). The fraction of sp³-hybridized carbons (Fsp3) is 0. The first-order valence-corrected chi connectivity index (χ1v) is 7.58. The van der Waals surface area contributed by atoms with Gasteiger partial charge in [-0.3, -0.25) is 0 Å². The van der Waals surface area contributed by atoms with Gasteiger partial charge in [0.1, 0.15) is 0 Å². The fourth-order valence-corrected chi connectivity index (χ4v) is 2.46. The van der Waals surface area contributed by atoms with Crippen LogP contribution in [0.4, 0.5) is 0 Å². The van der Waals surface area contributed by atoms with Crippen LogP contribution in [0.2, 0.25) is 5.02 Å². The summed E-state index contributed by atoms with van der Waals surface area (Å²) in [7, 11) is 0. The highest BCUT2D eigenvalue weighted by molar-refractivity contribution is 6.91. The minimum absolute atomic E-state index is 0.0677. The van der Waals surface area contributed by atoms with E-state index in [9.17, 15) is 0 Å². The number of benzene rings is 3. The third-order valence-corrected chi connectivity index (χ3v) is 3.72. The van der Waals surface area contributed by atoms with Crippen LogP contribution in [-0.2, 0) is 0 Å². The van der Waals surface area contributed by atoms with Crippen LogP contribution in [-0.4, -0.2) is 6.71 Å². The molecule has 0 atom stereocenters. The zero-order valence-corrected chi connectivity index (χ0v) is 12.8. The van der Waals surface area contributed by atoms with Crippen molar-refractivity contribution >= 4 is 29.2 Å². The van der Waals surface area contributed by atoms with Gasteiger partial charge in [0.2, 0.25) is 0 Å². The van der Waals surface area contributed by atoms with Crippen molar-refractivity contribution in [3.05, 3.63) is 95.5 Å². The van der Waals surface area contributed by atoms with Gasteiger partial charge in [-0.2, -0.15) is 0 Å². The molecule has 0 aliphatic heterocycles. The Bertz CT molecular complexity index is 744. The Balaban J connectivity index is 1.98. The molecular weight excluding hydrogens is 286 g/mol. The van der Waals surface area contributed by atoms with Gasteiger partial charge in [-0.1, -0.05) is 89.1 Å². The van der Waals surface area contributed by atoms with Crippen LogP contribution in [0.25, 0.3) is 0 Å². The lowest BCUT2D eigenvalue weighted by Crippen LogP contribution is -2.41. The molecule has 0 fully saturated rings. The SMILES string of the molecule is Clc1ccc(C#CB(c2ccccc2)c2ccccc2)cc1. The average molecular weight is 301 g/mol. The van der Waals surface area contributed by atoms with Gasteiger partial charge in [0.25, 0.3) is 6.71 Å². The normalized spacial score (nSPS) is 9.68. The minimum Gasteiger partial charge on any atom is -0.137 e. The summed E-state index contributed by atoms with van der Waals surface area (Å²) < 4.78 is 0. The first kappa shape index (κ1) is 14.5. The Kier molecular flexibility index (Phi) is 4.63. The zero-order chi connectivity index (χ0) is 15.2. The summed E-state index contributed by atoms with van der Waals surface area (Å²) in [5.41, 5.74) is 3.38. The van der Waals surface area contributed by atoms with Gasteiger partial charge in [0.05, 0.1) is 0 Å². The van der Waals surface area contributed by atoms with Crippen LogP contribution < -0.4 is 10.9 Å². The van der Waals surface area contributed by atoms with E-state index in [0.29, 0.717) is 0 Å². The highest BCUT2D eigenvalue weighted by Gasteiger charge is 2.15. The maximum atomic E-state index is 5.92. The van der Waals surface area contributed by atoms with Gasteiger partial charge in [0, 0.05) is 10.6 Å². The predicted octanol–water partition coefficient (Wildman–Crippen LogP) is 3.54. The molecule has 0 heterocycles. The largest absolute Gasteiger partial charge is 0.296 e. The zero-order valence-electron chi connectivity index (χ0n) is 12.0. The Morgan fingerprint density at radius 3 is 1.64 bits per heavy atom. The molecule has 0 saturated heterocycles. The summed E-state index contributed by atoms with van der Waals surface area (Å²) in [5, 5.41) is 0.730. The molecule has 104 valence electrons. The van der Waals surface area contributed by atoms with Crippen LogP contribution in [0, 0.1) is 11.7 Å². The van der Waals surface area contributed by atoms with E-state index in [1.54, 1.807) is 0 Å². The fourth-order valence-electron chi connectivity index (χ4n) is 2.34. The molecule has 0 saturated carbocycles. The van der Waals surface area contributed by atoms with Crippen LogP contribution in [0.5, 0.6) is 0 Å². The molecule has 0 unspecified atom stereocenters. The van der Waals surface area contributed by atoms with Gasteiger partial charge in [-0.25, -0.2) is 0 Å². The molecule has 3 aromatic carbocycles. The molecule has 0 N–H and O–H groups in total. The number of halogens is 1. The van der Waals surface area contributed by atoms with Crippen LogP contribution >= 0.6 is 11.6 Å². The number of rotatable bonds is 2. The third-order valence-electron chi connectivity index (χ3n) is 3.47. The van der Waals surface area contributed by atoms with E-state index < -0.39 is 0 Å². The van der Waals surface area contributed by atoms with Gasteiger partial charge in [0.15, 0.2) is 0 Å². The summed E-state index contributed by atoms with van der Waals surface area (Å²) in [6.07, 6.45) is 0. The van der Waals surface area contributed by atoms with Gasteiger partial charge < -0.3 is 0 Å².